The molecular weight excluding hydrogens is 331 g/mol. The van der Waals surface area contributed by atoms with Gasteiger partial charge in [0.05, 0.1) is 10.9 Å². The number of benzene rings is 1. The summed E-state index contributed by atoms with van der Waals surface area (Å²) in [6.45, 7) is 2.95. The molecule has 0 fully saturated rings. The first kappa shape index (κ1) is 14.9. The van der Waals surface area contributed by atoms with Crippen LogP contribution in [0.1, 0.15) is 18.7 Å². The highest BCUT2D eigenvalue weighted by Crippen LogP contribution is 2.32. The fourth-order valence-electron chi connectivity index (χ4n) is 2.70. The van der Waals surface area contributed by atoms with Crippen molar-refractivity contribution in [1.82, 2.24) is 8.87 Å². The zero-order chi connectivity index (χ0) is 15.2. The van der Waals surface area contributed by atoms with Gasteiger partial charge in [-0.2, -0.15) is 4.31 Å². The number of fused-ring (bicyclic) bond motifs is 1. The van der Waals surface area contributed by atoms with Crippen LogP contribution in [0.15, 0.2) is 41.4 Å². The molecule has 0 saturated carbocycles. The van der Waals surface area contributed by atoms with Gasteiger partial charge in [-0.3, -0.25) is 0 Å². The molecular formula is C14H14Cl2N2O2S. The molecule has 21 heavy (non-hydrogen) atoms. The van der Waals surface area contributed by atoms with Crippen LogP contribution in [0.2, 0.25) is 10.0 Å². The maximum atomic E-state index is 12.8. The third kappa shape index (κ3) is 2.59. The Morgan fingerprint density at radius 2 is 1.81 bits per heavy atom. The smallest absolute Gasteiger partial charge is 0.243 e. The lowest BCUT2D eigenvalue weighted by Gasteiger charge is -2.33. The average molecular weight is 345 g/mol. The number of hydrogen-bond donors (Lipinski definition) is 0. The van der Waals surface area contributed by atoms with Crippen LogP contribution in [0.4, 0.5) is 0 Å². The first-order chi connectivity index (χ1) is 9.89. The molecule has 2 aromatic rings. The molecule has 0 bridgehead atoms. The Labute approximate surface area is 133 Å². The van der Waals surface area contributed by atoms with Gasteiger partial charge in [0.15, 0.2) is 0 Å². The highest BCUT2D eigenvalue weighted by Gasteiger charge is 2.34. The van der Waals surface area contributed by atoms with Crippen molar-refractivity contribution in [2.75, 3.05) is 6.54 Å². The third-order valence-electron chi connectivity index (χ3n) is 3.73. The van der Waals surface area contributed by atoms with E-state index < -0.39 is 10.0 Å². The standard InChI is InChI=1S/C14H14Cl2N2O2S/c1-10-14-3-2-4-17(14)5-6-18(10)21(19,20)13-8-11(15)7-12(16)9-13/h2-4,7-10H,5-6H2,1H3. The van der Waals surface area contributed by atoms with Gasteiger partial charge >= 0.3 is 0 Å². The highest BCUT2D eigenvalue weighted by molar-refractivity contribution is 7.89. The molecule has 112 valence electrons. The maximum Gasteiger partial charge on any atom is 0.243 e. The van der Waals surface area contributed by atoms with Crippen LogP contribution in [0.25, 0.3) is 0 Å². The Morgan fingerprint density at radius 1 is 1.14 bits per heavy atom. The van der Waals surface area contributed by atoms with Crippen molar-refractivity contribution in [2.45, 2.75) is 24.4 Å². The summed E-state index contributed by atoms with van der Waals surface area (Å²) in [7, 11) is -3.63. The minimum Gasteiger partial charge on any atom is -0.349 e. The molecule has 1 aliphatic heterocycles. The molecule has 1 aromatic heterocycles. The fraction of sp³-hybridized carbons (Fsp3) is 0.286. The Balaban J connectivity index is 2.03. The van der Waals surface area contributed by atoms with Crippen molar-refractivity contribution in [3.63, 3.8) is 0 Å². The largest absolute Gasteiger partial charge is 0.349 e. The summed E-state index contributed by atoms with van der Waals surface area (Å²) >= 11 is 11.8. The first-order valence-corrected chi connectivity index (χ1v) is 8.72. The number of sulfonamides is 1. The SMILES string of the molecule is CC1c2cccn2CCN1S(=O)(=O)c1cc(Cl)cc(Cl)c1. The fourth-order valence-corrected chi connectivity index (χ4v) is 5.02. The van der Waals surface area contributed by atoms with Crippen molar-refractivity contribution in [2.24, 2.45) is 0 Å². The summed E-state index contributed by atoms with van der Waals surface area (Å²) in [5.41, 5.74) is 0.984. The second-order valence-electron chi connectivity index (χ2n) is 5.02. The number of nitrogens with zero attached hydrogens (tertiary/aromatic N) is 2. The van der Waals surface area contributed by atoms with E-state index in [1.165, 1.54) is 22.5 Å². The number of aromatic nitrogens is 1. The van der Waals surface area contributed by atoms with E-state index in [-0.39, 0.29) is 10.9 Å². The molecule has 0 aliphatic carbocycles. The number of rotatable bonds is 2. The van der Waals surface area contributed by atoms with Crippen LogP contribution in [-0.2, 0) is 16.6 Å². The van der Waals surface area contributed by atoms with Crippen LogP contribution in [0.3, 0.4) is 0 Å². The van der Waals surface area contributed by atoms with Gasteiger partial charge in [-0.15, -0.1) is 0 Å². The topological polar surface area (TPSA) is 42.3 Å². The first-order valence-electron chi connectivity index (χ1n) is 6.52. The lowest BCUT2D eigenvalue weighted by atomic mass is 10.2. The maximum absolute atomic E-state index is 12.8. The zero-order valence-electron chi connectivity index (χ0n) is 11.3. The Kier molecular flexibility index (Phi) is 3.78. The molecule has 1 unspecified atom stereocenters. The second kappa shape index (κ2) is 5.32. The minimum atomic E-state index is -3.63. The molecule has 2 heterocycles. The molecule has 0 saturated heterocycles. The molecule has 4 nitrogen and oxygen atoms in total. The molecule has 0 amide bonds. The summed E-state index contributed by atoms with van der Waals surface area (Å²) in [6, 6.07) is 8.03. The highest BCUT2D eigenvalue weighted by atomic mass is 35.5. The zero-order valence-corrected chi connectivity index (χ0v) is 13.7. The lowest BCUT2D eigenvalue weighted by molar-refractivity contribution is 0.282. The minimum absolute atomic E-state index is 0.131. The van der Waals surface area contributed by atoms with E-state index in [9.17, 15) is 8.42 Å². The van der Waals surface area contributed by atoms with Crippen LogP contribution >= 0.6 is 23.2 Å². The Morgan fingerprint density at radius 3 is 2.48 bits per heavy atom. The van der Waals surface area contributed by atoms with Gasteiger partial charge in [-0.25, -0.2) is 8.42 Å². The molecule has 7 heteroatoms. The van der Waals surface area contributed by atoms with E-state index in [4.69, 9.17) is 23.2 Å². The predicted octanol–water partition coefficient (Wildman–Crippen LogP) is 3.56. The predicted molar refractivity (Wildman–Crippen MR) is 83.2 cm³/mol. The summed E-state index contributed by atoms with van der Waals surface area (Å²) in [5, 5.41) is 0.628. The van der Waals surface area contributed by atoms with E-state index in [2.05, 4.69) is 4.57 Å². The van der Waals surface area contributed by atoms with Crippen LogP contribution in [0.5, 0.6) is 0 Å². The molecule has 1 atom stereocenters. The molecule has 0 radical (unpaired) electrons. The van der Waals surface area contributed by atoms with Gasteiger partial charge in [-0.1, -0.05) is 23.2 Å². The van der Waals surface area contributed by atoms with Crippen molar-refractivity contribution in [1.29, 1.82) is 0 Å². The monoisotopic (exact) mass is 344 g/mol. The molecule has 0 N–H and O–H groups in total. The van der Waals surface area contributed by atoms with Crippen LogP contribution in [-0.4, -0.2) is 23.8 Å². The number of halogens is 2. The van der Waals surface area contributed by atoms with E-state index in [0.717, 1.165) is 5.69 Å². The van der Waals surface area contributed by atoms with Gasteiger partial charge < -0.3 is 4.57 Å². The summed E-state index contributed by atoms with van der Waals surface area (Å²) in [4.78, 5) is 0.131. The quantitative estimate of drug-likeness (QED) is 0.835. The Bertz CT molecular complexity index is 766. The van der Waals surface area contributed by atoms with Crippen molar-refractivity contribution in [3.8, 4) is 0 Å². The van der Waals surface area contributed by atoms with Gasteiger partial charge in [0.25, 0.3) is 0 Å². The summed E-state index contributed by atoms with van der Waals surface area (Å²) < 4.78 is 29.2. The summed E-state index contributed by atoms with van der Waals surface area (Å²) in [5.74, 6) is 0. The van der Waals surface area contributed by atoms with Gasteiger partial charge in [-0.05, 0) is 37.3 Å². The van der Waals surface area contributed by atoms with E-state index in [1.54, 1.807) is 0 Å². The molecule has 0 spiro atoms. The van der Waals surface area contributed by atoms with Crippen molar-refractivity contribution >= 4 is 33.2 Å². The normalized spacial score (nSPS) is 19.5. The number of hydrogen-bond acceptors (Lipinski definition) is 2. The van der Waals surface area contributed by atoms with E-state index in [0.29, 0.717) is 23.1 Å². The Hall–Kier alpha value is -1.01. The van der Waals surface area contributed by atoms with Crippen LogP contribution in [0, 0.1) is 0 Å². The molecule has 1 aromatic carbocycles. The molecule has 1 aliphatic rings. The second-order valence-corrected chi connectivity index (χ2v) is 7.79. The third-order valence-corrected chi connectivity index (χ3v) is 6.11. The van der Waals surface area contributed by atoms with Gasteiger partial charge in [0.2, 0.25) is 10.0 Å². The average Bonchev–Trinajstić information content (AvgIpc) is 2.87. The van der Waals surface area contributed by atoms with Gasteiger partial charge in [0, 0.05) is 35.0 Å². The summed E-state index contributed by atoms with van der Waals surface area (Å²) in [6.07, 6.45) is 1.96. The van der Waals surface area contributed by atoms with Crippen molar-refractivity contribution < 1.29 is 8.42 Å². The van der Waals surface area contributed by atoms with E-state index in [1.807, 2.05) is 25.3 Å². The van der Waals surface area contributed by atoms with E-state index >= 15 is 0 Å². The van der Waals surface area contributed by atoms with Crippen molar-refractivity contribution in [3.05, 3.63) is 52.3 Å². The lowest BCUT2D eigenvalue weighted by Crippen LogP contribution is -2.40. The van der Waals surface area contributed by atoms with Gasteiger partial charge in [0.1, 0.15) is 0 Å². The molecule has 3 rings (SSSR count). The van der Waals surface area contributed by atoms with Crippen LogP contribution < -0.4 is 0 Å².